The molecule has 0 fully saturated rings. The van der Waals surface area contributed by atoms with E-state index in [1.165, 1.54) is 0 Å². The Morgan fingerprint density at radius 1 is 1.88 bits per heavy atom. The highest BCUT2D eigenvalue weighted by Gasteiger charge is 2.09. The number of nitro groups is 1. The summed E-state index contributed by atoms with van der Waals surface area (Å²) in [6.07, 6.45) is 1.40. The van der Waals surface area contributed by atoms with Gasteiger partial charge in [0.25, 0.3) is 0 Å². The van der Waals surface area contributed by atoms with E-state index in [9.17, 15) is 10.1 Å². The van der Waals surface area contributed by atoms with Gasteiger partial charge >= 0.3 is 0 Å². The lowest BCUT2D eigenvalue weighted by atomic mass is 10.2. The van der Waals surface area contributed by atoms with Crippen LogP contribution in [0.5, 0.6) is 0 Å². The van der Waals surface area contributed by atoms with Crippen molar-refractivity contribution >= 4 is 0 Å². The van der Waals surface area contributed by atoms with Crippen molar-refractivity contribution in [3.8, 4) is 0 Å². The van der Waals surface area contributed by atoms with Gasteiger partial charge in [-0.3, -0.25) is 10.1 Å². The molecule has 0 N–H and O–H groups in total. The summed E-state index contributed by atoms with van der Waals surface area (Å²) >= 11 is 0. The van der Waals surface area contributed by atoms with Crippen LogP contribution in [0.3, 0.4) is 0 Å². The largest absolute Gasteiger partial charge is 0.264 e. The molecule has 47 valence electrons. The second-order valence-electron chi connectivity index (χ2n) is 1.73. The molecule has 0 aliphatic rings. The average Bonchev–Trinajstić information content (AvgIpc) is 1.67. The van der Waals surface area contributed by atoms with E-state index in [1.54, 1.807) is 0 Å². The third-order valence-electron chi connectivity index (χ3n) is 0.920. The van der Waals surface area contributed by atoms with Crippen LogP contribution < -0.4 is 0 Å². The van der Waals surface area contributed by atoms with Gasteiger partial charge in [-0.2, -0.15) is 0 Å². The zero-order valence-corrected chi connectivity index (χ0v) is 4.96. The molecule has 1 radical (unpaired) electrons. The summed E-state index contributed by atoms with van der Waals surface area (Å²) < 4.78 is 0. The minimum Gasteiger partial charge on any atom is -0.264 e. The average molecular weight is 116 g/mol. The fourth-order valence-electron chi connectivity index (χ4n) is 0.439. The Balaban J connectivity index is 3.32. The standard InChI is InChI=1S/C5H10NO2/c1-3-4-5(2)6(7)8/h5H,2-4H2,1H3. The highest BCUT2D eigenvalue weighted by atomic mass is 16.6. The van der Waals surface area contributed by atoms with Crippen molar-refractivity contribution in [2.45, 2.75) is 25.8 Å². The van der Waals surface area contributed by atoms with Gasteiger partial charge in [0, 0.05) is 18.3 Å². The van der Waals surface area contributed by atoms with Gasteiger partial charge in [-0.05, 0) is 6.42 Å². The molecule has 0 bridgehead atoms. The maximum Gasteiger partial charge on any atom is 0.213 e. The van der Waals surface area contributed by atoms with Gasteiger partial charge in [0.2, 0.25) is 6.04 Å². The summed E-state index contributed by atoms with van der Waals surface area (Å²) in [7, 11) is 0. The maximum absolute atomic E-state index is 9.83. The third-order valence-corrected chi connectivity index (χ3v) is 0.920. The van der Waals surface area contributed by atoms with Crippen LogP contribution in [0.4, 0.5) is 0 Å². The molecular formula is C5H10NO2. The molecule has 8 heavy (non-hydrogen) atoms. The topological polar surface area (TPSA) is 43.1 Å². The zero-order chi connectivity index (χ0) is 6.57. The zero-order valence-electron chi connectivity index (χ0n) is 4.96. The van der Waals surface area contributed by atoms with E-state index in [1.807, 2.05) is 6.92 Å². The number of nitrogens with zero attached hydrogens (tertiary/aromatic N) is 1. The van der Waals surface area contributed by atoms with Gasteiger partial charge in [-0.15, -0.1) is 0 Å². The van der Waals surface area contributed by atoms with E-state index >= 15 is 0 Å². The predicted molar refractivity (Wildman–Crippen MR) is 31.0 cm³/mol. The summed E-state index contributed by atoms with van der Waals surface area (Å²) in [6.45, 7) is 5.23. The minimum atomic E-state index is -0.611. The van der Waals surface area contributed by atoms with Gasteiger partial charge in [-0.25, -0.2) is 0 Å². The van der Waals surface area contributed by atoms with Gasteiger partial charge in [0.1, 0.15) is 0 Å². The number of hydrogen-bond acceptors (Lipinski definition) is 2. The van der Waals surface area contributed by atoms with Gasteiger partial charge in [-0.1, -0.05) is 6.92 Å². The van der Waals surface area contributed by atoms with Crippen molar-refractivity contribution < 1.29 is 4.92 Å². The molecule has 0 aromatic heterocycles. The summed E-state index contributed by atoms with van der Waals surface area (Å²) in [6, 6.07) is -0.611. The van der Waals surface area contributed by atoms with E-state index < -0.39 is 6.04 Å². The molecule has 0 aliphatic heterocycles. The van der Waals surface area contributed by atoms with Crippen LogP contribution in [-0.2, 0) is 0 Å². The van der Waals surface area contributed by atoms with Crippen molar-refractivity contribution in [3.63, 3.8) is 0 Å². The second-order valence-corrected chi connectivity index (χ2v) is 1.73. The first-order chi connectivity index (χ1) is 3.68. The summed E-state index contributed by atoms with van der Waals surface area (Å²) in [5.41, 5.74) is 0. The molecule has 0 heterocycles. The lowest BCUT2D eigenvalue weighted by molar-refractivity contribution is -0.511. The molecule has 0 saturated heterocycles. The van der Waals surface area contributed by atoms with Crippen LogP contribution in [0.1, 0.15) is 19.8 Å². The Morgan fingerprint density at radius 2 is 2.38 bits per heavy atom. The third kappa shape index (κ3) is 2.55. The van der Waals surface area contributed by atoms with E-state index in [0.717, 1.165) is 6.42 Å². The summed E-state index contributed by atoms with van der Waals surface area (Å²) in [5, 5.41) is 9.83. The SMILES string of the molecule is [CH2]C(CCC)[N+](=O)[O-]. The monoisotopic (exact) mass is 116 g/mol. The fraction of sp³-hybridized carbons (Fsp3) is 0.800. The first-order valence-corrected chi connectivity index (χ1v) is 2.65. The van der Waals surface area contributed by atoms with Gasteiger partial charge in [0.05, 0.1) is 0 Å². The second kappa shape index (κ2) is 3.41. The molecule has 1 unspecified atom stereocenters. The van der Waals surface area contributed by atoms with E-state index in [-0.39, 0.29) is 4.92 Å². The summed E-state index contributed by atoms with van der Waals surface area (Å²) in [5.74, 6) is 0. The van der Waals surface area contributed by atoms with Crippen molar-refractivity contribution in [1.29, 1.82) is 0 Å². The predicted octanol–water partition coefficient (Wildman–Crippen LogP) is 1.27. The molecular weight excluding hydrogens is 106 g/mol. The Hall–Kier alpha value is -0.600. The quantitative estimate of drug-likeness (QED) is 0.411. The molecule has 3 nitrogen and oxygen atoms in total. The van der Waals surface area contributed by atoms with Crippen LogP contribution >= 0.6 is 0 Å². The van der Waals surface area contributed by atoms with E-state index in [0.29, 0.717) is 6.42 Å². The molecule has 3 heteroatoms. The molecule has 1 atom stereocenters. The Kier molecular flexibility index (Phi) is 3.15. The van der Waals surface area contributed by atoms with Gasteiger partial charge in [0.15, 0.2) is 0 Å². The molecule has 0 aliphatic carbocycles. The normalized spacial score (nSPS) is 13.2. The van der Waals surface area contributed by atoms with Crippen LogP contribution in [0.15, 0.2) is 0 Å². The molecule has 0 aromatic rings. The van der Waals surface area contributed by atoms with Crippen LogP contribution in [0.25, 0.3) is 0 Å². The Morgan fingerprint density at radius 3 is 2.50 bits per heavy atom. The van der Waals surface area contributed by atoms with Crippen molar-refractivity contribution in [3.05, 3.63) is 17.0 Å². The molecule has 0 rings (SSSR count). The molecule has 0 saturated carbocycles. The lowest BCUT2D eigenvalue weighted by Crippen LogP contribution is -2.14. The first kappa shape index (κ1) is 7.40. The molecule has 0 amide bonds. The van der Waals surface area contributed by atoms with Crippen molar-refractivity contribution in [2.24, 2.45) is 0 Å². The van der Waals surface area contributed by atoms with Crippen LogP contribution in [0, 0.1) is 17.0 Å². The lowest BCUT2D eigenvalue weighted by Gasteiger charge is -1.97. The number of hydrogen-bond donors (Lipinski definition) is 0. The highest BCUT2D eigenvalue weighted by molar-refractivity contribution is 4.55. The van der Waals surface area contributed by atoms with Crippen LogP contribution in [0.2, 0.25) is 0 Å². The van der Waals surface area contributed by atoms with Crippen molar-refractivity contribution in [1.82, 2.24) is 0 Å². The first-order valence-electron chi connectivity index (χ1n) is 2.65. The van der Waals surface area contributed by atoms with Gasteiger partial charge < -0.3 is 0 Å². The Labute approximate surface area is 48.9 Å². The van der Waals surface area contributed by atoms with E-state index in [4.69, 9.17) is 0 Å². The highest BCUT2D eigenvalue weighted by Crippen LogP contribution is 1.96. The Bertz CT molecular complexity index is 82.5. The minimum absolute atomic E-state index is 0.358. The maximum atomic E-state index is 9.83. The van der Waals surface area contributed by atoms with Crippen molar-refractivity contribution in [2.75, 3.05) is 0 Å². The van der Waals surface area contributed by atoms with Crippen LogP contribution in [-0.4, -0.2) is 11.0 Å². The smallest absolute Gasteiger partial charge is 0.213 e. The van der Waals surface area contributed by atoms with E-state index in [2.05, 4.69) is 6.92 Å². The number of rotatable bonds is 3. The fourth-order valence-corrected chi connectivity index (χ4v) is 0.439. The summed E-state index contributed by atoms with van der Waals surface area (Å²) in [4.78, 5) is 9.47. The molecule has 0 spiro atoms. The molecule has 0 aromatic carbocycles.